The van der Waals surface area contributed by atoms with E-state index in [4.69, 9.17) is 9.84 Å². The largest absolute Gasteiger partial charge is 0.393 e. The molecule has 72 valence electrons. The highest BCUT2D eigenvalue weighted by molar-refractivity contribution is 14.1. The third kappa shape index (κ3) is 1.60. The molecule has 4 nitrogen and oxygen atoms in total. The summed E-state index contributed by atoms with van der Waals surface area (Å²) in [5.74, 6) is 0. The molecule has 1 aliphatic rings. The van der Waals surface area contributed by atoms with Gasteiger partial charge in [-0.2, -0.15) is 0 Å². The first kappa shape index (κ1) is 10.6. The van der Waals surface area contributed by atoms with Crippen molar-refractivity contribution >= 4 is 22.6 Å². The number of alkyl halides is 1. The van der Waals surface area contributed by atoms with Crippen molar-refractivity contribution in [1.82, 2.24) is 0 Å². The molecule has 0 spiro atoms. The van der Waals surface area contributed by atoms with Crippen LogP contribution >= 0.6 is 22.6 Å². The zero-order valence-corrected chi connectivity index (χ0v) is 8.93. The van der Waals surface area contributed by atoms with E-state index in [1.165, 1.54) is 0 Å². The lowest BCUT2D eigenvalue weighted by Gasteiger charge is -2.24. The van der Waals surface area contributed by atoms with E-state index in [0.29, 0.717) is 4.43 Å². The van der Waals surface area contributed by atoms with E-state index in [2.05, 4.69) is 22.6 Å². The first-order chi connectivity index (χ1) is 5.55. The first-order valence-corrected chi connectivity index (χ1v) is 5.28. The summed E-state index contributed by atoms with van der Waals surface area (Å²) >= 11 is 2.07. The van der Waals surface area contributed by atoms with Gasteiger partial charge in [-0.3, -0.25) is 0 Å². The van der Waals surface area contributed by atoms with Crippen LogP contribution in [0.1, 0.15) is 6.92 Å². The Kier molecular flexibility index (Phi) is 3.33. The molecule has 1 saturated heterocycles. The Morgan fingerprint density at radius 3 is 2.33 bits per heavy atom. The van der Waals surface area contributed by atoms with Gasteiger partial charge in [-0.1, -0.05) is 22.6 Å². The average molecular weight is 288 g/mol. The highest BCUT2D eigenvalue weighted by atomic mass is 127. The van der Waals surface area contributed by atoms with Gasteiger partial charge >= 0.3 is 0 Å². The molecule has 0 aromatic heterocycles. The summed E-state index contributed by atoms with van der Waals surface area (Å²) in [5, 5.41) is 27.8. The van der Waals surface area contributed by atoms with Gasteiger partial charge in [0.25, 0.3) is 0 Å². The predicted octanol–water partition coefficient (Wildman–Crippen LogP) is -0.707. The standard InChI is InChI=1S/C7H13IO4/c1-7(3-9)6(11)5(10)4(2-8)12-7/h4-6,9-11H,2-3H2,1H3/t4-,5?,6?,7?/m1/s1. The van der Waals surface area contributed by atoms with Crippen LogP contribution in [-0.2, 0) is 4.74 Å². The lowest BCUT2D eigenvalue weighted by atomic mass is 9.98. The zero-order chi connectivity index (χ0) is 9.35. The minimum Gasteiger partial charge on any atom is -0.393 e. The average Bonchev–Trinajstić information content (AvgIpc) is 2.31. The highest BCUT2D eigenvalue weighted by Crippen LogP contribution is 2.31. The van der Waals surface area contributed by atoms with Gasteiger partial charge in [-0.05, 0) is 6.92 Å². The van der Waals surface area contributed by atoms with Gasteiger partial charge in [-0.15, -0.1) is 0 Å². The predicted molar refractivity (Wildman–Crippen MR) is 51.3 cm³/mol. The summed E-state index contributed by atoms with van der Waals surface area (Å²) in [6.45, 7) is 1.31. The monoisotopic (exact) mass is 288 g/mol. The van der Waals surface area contributed by atoms with Crippen molar-refractivity contribution in [3.63, 3.8) is 0 Å². The number of hydrogen-bond acceptors (Lipinski definition) is 4. The Morgan fingerprint density at radius 1 is 1.50 bits per heavy atom. The molecule has 0 amide bonds. The molecule has 12 heavy (non-hydrogen) atoms. The number of aliphatic hydroxyl groups is 3. The minimum absolute atomic E-state index is 0.279. The molecule has 3 unspecified atom stereocenters. The Bertz CT molecular complexity index is 165. The van der Waals surface area contributed by atoms with Crippen LogP contribution in [0.25, 0.3) is 0 Å². The number of rotatable bonds is 2. The summed E-state index contributed by atoms with van der Waals surface area (Å²) in [6.07, 6.45) is -2.26. The summed E-state index contributed by atoms with van der Waals surface area (Å²) in [4.78, 5) is 0. The lowest BCUT2D eigenvalue weighted by Crippen LogP contribution is -2.43. The SMILES string of the molecule is CC1(CO)O[C@H](CI)C(O)C1O. The van der Waals surface area contributed by atoms with Crippen LogP contribution in [0.5, 0.6) is 0 Å². The van der Waals surface area contributed by atoms with Crippen molar-refractivity contribution in [3.8, 4) is 0 Å². The van der Waals surface area contributed by atoms with E-state index in [1.54, 1.807) is 6.92 Å². The Morgan fingerprint density at radius 2 is 2.08 bits per heavy atom. The van der Waals surface area contributed by atoms with Gasteiger partial charge in [0, 0.05) is 4.43 Å². The second kappa shape index (κ2) is 3.75. The fraction of sp³-hybridized carbons (Fsp3) is 1.00. The molecule has 3 N–H and O–H groups in total. The summed E-state index contributed by atoms with van der Waals surface area (Å²) < 4.78 is 5.92. The van der Waals surface area contributed by atoms with Crippen LogP contribution in [0, 0.1) is 0 Å². The second-order valence-corrected chi connectivity index (χ2v) is 4.10. The smallest absolute Gasteiger partial charge is 0.117 e. The van der Waals surface area contributed by atoms with Gasteiger partial charge in [0.2, 0.25) is 0 Å². The molecular weight excluding hydrogens is 275 g/mol. The van der Waals surface area contributed by atoms with E-state index in [0.717, 1.165) is 0 Å². The lowest BCUT2D eigenvalue weighted by molar-refractivity contribution is -0.0938. The molecule has 1 aliphatic heterocycles. The van der Waals surface area contributed by atoms with E-state index >= 15 is 0 Å². The summed E-state index contributed by atoms with van der Waals surface area (Å²) in [5.41, 5.74) is -1.00. The Balaban J connectivity index is 2.72. The fourth-order valence-electron chi connectivity index (χ4n) is 1.30. The van der Waals surface area contributed by atoms with Gasteiger partial charge in [0.05, 0.1) is 12.7 Å². The molecule has 1 rings (SSSR count). The van der Waals surface area contributed by atoms with Crippen LogP contribution in [-0.4, -0.2) is 50.3 Å². The third-order valence-electron chi connectivity index (χ3n) is 2.22. The molecule has 1 heterocycles. The Hall–Kier alpha value is 0.570. The van der Waals surface area contributed by atoms with Gasteiger partial charge in [0.1, 0.15) is 17.8 Å². The quantitative estimate of drug-likeness (QED) is 0.464. The molecule has 0 aliphatic carbocycles. The first-order valence-electron chi connectivity index (χ1n) is 3.76. The number of aliphatic hydroxyl groups excluding tert-OH is 3. The summed E-state index contributed by atoms with van der Waals surface area (Å²) in [6, 6.07) is 0. The van der Waals surface area contributed by atoms with Crippen molar-refractivity contribution in [2.75, 3.05) is 11.0 Å². The maximum Gasteiger partial charge on any atom is 0.117 e. The number of halogens is 1. The van der Waals surface area contributed by atoms with Crippen LogP contribution in [0.15, 0.2) is 0 Å². The maximum atomic E-state index is 9.48. The third-order valence-corrected chi connectivity index (χ3v) is 3.08. The second-order valence-electron chi connectivity index (χ2n) is 3.22. The van der Waals surface area contributed by atoms with Crippen molar-refractivity contribution in [2.45, 2.75) is 30.8 Å². The molecular formula is C7H13IO4. The van der Waals surface area contributed by atoms with E-state index in [-0.39, 0.29) is 12.7 Å². The normalized spacial score (nSPS) is 48.2. The van der Waals surface area contributed by atoms with Gasteiger partial charge < -0.3 is 20.1 Å². The fourth-order valence-corrected chi connectivity index (χ4v) is 2.00. The van der Waals surface area contributed by atoms with Crippen molar-refractivity contribution in [1.29, 1.82) is 0 Å². The van der Waals surface area contributed by atoms with Crippen LogP contribution in [0.3, 0.4) is 0 Å². The number of hydrogen-bond donors (Lipinski definition) is 3. The molecule has 0 aromatic carbocycles. The van der Waals surface area contributed by atoms with E-state index in [1.807, 2.05) is 0 Å². The molecule has 0 bridgehead atoms. The molecule has 5 heteroatoms. The molecule has 0 radical (unpaired) electrons. The molecule has 0 aromatic rings. The van der Waals surface area contributed by atoms with Crippen LogP contribution in [0.4, 0.5) is 0 Å². The minimum atomic E-state index is -1.00. The molecule has 4 atom stereocenters. The van der Waals surface area contributed by atoms with Crippen LogP contribution < -0.4 is 0 Å². The topological polar surface area (TPSA) is 69.9 Å². The summed E-state index contributed by atoms with van der Waals surface area (Å²) in [7, 11) is 0. The number of ether oxygens (including phenoxy) is 1. The van der Waals surface area contributed by atoms with Gasteiger partial charge in [0.15, 0.2) is 0 Å². The molecule has 0 saturated carbocycles. The van der Waals surface area contributed by atoms with Crippen molar-refractivity contribution in [2.24, 2.45) is 0 Å². The maximum absolute atomic E-state index is 9.48. The van der Waals surface area contributed by atoms with Crippen molar-refractivity contribution < 1.29 is 20.1 Å². The molecule has 1 fully saturated rings. The zero-order valence-electron chi connectivity index (χ0n) is 6.77. The van der Waals surface area contributed by atoms with E-state index < -0.39 is 17.8 Å². The van der Waals surface area contributed by atoms with E-state index in [9.17, 15) is 10.2 Å². The Labute approximate surface area is 84.7 Å². The van der Waals surface area contributed by atoms with Gasteiger partial charge in [-0.25, -0.2) is 0 Å². The van der Waals surface area contributed by atoms with Crippen molar-refractivity contribution in [3.05, 3.63) is 0 Å². The highest BCUT2D eigenvalue weighted by Gasteiger charge is 2.50. The van der Waals surface area contributed by atoms with Crippen LogP contribution in [0.2, 0.25) is 0 Å².